The smallest absolute Gasteiger partial charge is 0.246 e. The standard InChI is InChI=1S/C9H17NO7/c1-3(8(10)15)16-9-7(14)6(13)5(12)4(2-11)17-9/h3-7,9,11-14H,2H2,1H3,(H2,10,15)/t3-,4-,5-,6+,7-,9+/m1/s1. The van der Waals surface area contributed by atoms with Gasteiger partial charge in [0, 0.05) is 0 Å². The van der Waals surface area contributed by atoms with Crippen molar-refractivity contribution in [2.24, 2.45) is 5.73 Å². The van der Waals surface area contributed by atoms with E-state index in [1.54, 1.807) is 0 Å². The first kappa shape index (κ1) is 14.3. The molecule has 1 amide bonds. The fourth-order valence-electron chi connectivity index (χ4n) is 1.45. The van der Waals surface area contributed by atoms with Crippen LogP contribution in [0.1, 0.15) is 6.92 Å². The Hall–Kier alpha value is -0.770. The number of carbonyl (C=O) groups excluding carboxylic acids is 1. The lowest BCUT2D eigenvalue weighted by Gasteiger charge is -2.40. The lowest BCUT2D eigenvalue weighted by molar-refractivity contribution is -0.307. The quantitative estimate of drug-likeness (QED) is 0.352. The van der Waals surface area contributed by atoms with E-state index in [-0.39, 0.29) is 0 Å². The molecule has 1 heterocycles. The zero-order valence-electron chi connectivity index (χ0n) is 9.26. The minimum absolute atomic E-state index is 0.560. The van der Waals surface area contributed by atoms with Crippen molar-refractivity contribution in [1.29, 1.82) is 0 Å². The number of aliphatic hydroxyl groups excluding tert-OH is 4. The summed E-state index contributed by atoms with van der Waals surface area (Å²) in [6.07, 6.45) is -7.97. The average Bonchev–Trinajstić information content (AvgIpc) is 2.29. The van der Waals surface area contributed by atoms with Crippen molar-refractivity contribution in [2.45, 2.75) is 43.7 Å². The van der Waals surface area contributed by atoms with Gasteiger partial charge >= 0.3 is 0 Å². The van der Waals surface area contributed by atoms with Crippen LogP contribution < -0.4 is 5.73 Å². The summed E-state index contributed by atoms with van der Waals surface area (Å²) in [5, 5.41) is 37.4. The molecule has 0 unspecified atom stereocenters. The molecule has 0 aromatic carbocycles. The van der Waals surface area contributed by atoms with Crippen LogP contribution in [0.5, 0.6) is 0 Å². The highest BCUT2D eigenvalue weighted by molar-refractivity contribution is 5.78. The minimum atomic E-state index is -1.54. The maximum Gasteiger partial charge on any atom is 0.246 e. The van der Waals surface area contributed by atoms with Crippen molar-refractivity contribution in [3.63, 3.8) is 0 Å². The summed E-state index contributed by atoms with van der Waals surface area (Å²) in [4.78, 5) is 10.8. The highest BCUT2D eigenvalue weighted by Crippen LogP contribution is 2.22. The lowest BCUT2D eigenvalue weighted by atomic mass is 9.99. The third-order valence-corrected chi connectivity index (χ3v) is 2.59. The Morgan fingerprint density at radius 2 is 1.94 bits per heavy atom. The molecule has 1 rings (SSSR count). The van der Waals surface area contributed by atoms with Gasteiger partial charge in [0.1, 0.15) is 30.5 Å². The third kappa shape index (κ3) is 3.12. The Labute approximate surface area is 97.6 Å². The van der Waals surface area contributed by atoms with Gasteiger partial charge in [-0.25, -0.2) is 0 Å². The van der Waals surface area contributed by atoms with Crippen LogP contribution >= 0.6 is 0 Å². The van der Waals surface area contributed by atoms with E-state index >= 15 is 0 Å². The maximum atomic E-state index is 10.8. The molecule has 1 aliphatic rings. The Bertz CT molecular complexity index is 272. The SMILES string of the molecule is C[C@@H](O[C@H]1O[C@H](CO)[C@@H](O)[C@H](O)[C@H]1O)C(N)=O. The number of hydrogen-bond donors (Lipinski definition) is 5. The van der Waals surface area contributed by atoms with Gasteiger partial charge in [-0.3, -0.25) is 4.79 Å². The number of amides is 1. The van der Waals surface area contributed by atoms with Gasteiger partial charge in [-0.05, 0) is 6.92 Å². The van der Waals surface area contributed by atoms with E-state index in [1.165, 1.54) is 6.92 Å². The largest absolute Gasteiger partial charge is 0.394 e. The van der Waals surface area contributed by atoms with E-state index < -0.39 is 49.3 Å². The molecule has 8 nitrogen and oxygen atoms in total. The molecule has 0 bridgehead atoms. The molecule has 6 N–H and O–H groups in total. The van der Waals surface area contributed by atoms with Gasteiger partial charge in [0.15, 0.2) is 6.29 Å². The molecule has 0 radical (unpaired) electrons. The summed E-state index contributed by atoms with van der Waals surface area (Å²) >= 11 is 0. The predicted molar refractivity (Wildman–Crippen MR) is 53.5 cm³/mol. The van der Waals surface area contributed by atoms with Crippen LogP contribution in [-0.2, 0) is 14.3 Å². The molecule has 100 valence electrons. The van der Waals surface area contributed by atoms with E-state index in [9.17, 15) is 20.1 Å². The van der Waals surface area contributed by atoms with Gasteiger partial charge in [0.25, 0.3) is 0 Å². The Balaban J connectivity index is 2.68. The topological polar surface area (TPSA) is 142 Å². The molecule has 6 atom stereocenters. The van der Waals surface area contributed by atoms with E-state index in [0.717, 1.165) is 0 Å². The molecule has 0 aromatic rings. The fraction of sp³-hybridized carbons (Fsp3) is 0.889. The highest BCUT2D eigenvalue weighted by atomic mass is 16.7. The van der Waals surface area contributed by atoms with E-state index in [4.69, 9.17) is 20.3 Å². The van der Waals surface area contributed by atoms with Crippen molar-refractivity contribution in [2.75, 3.05) is 6.61 Å². The van der Waals surface area contributed by atoms with Crippen LogP contribution in [0.25, 0.3) is 0 Å². The monoisotopic (exact) mass is 251 g/mol. The van der Waals surface area contributed by atoms with Crippen molar-refractivity contribution in [3.05, 3.63) is 0 Å². The maximum absolute atomic E-state index is 10.8. The van der Waals surface area contributed by atoms with E-state index in [1.807, 2.05) is 0 Å². The summed E-state index contributed by atoms with van der Waals surface area (Å²) in [7, 11) is 0. The second-order valence-corrected chi connectivity index (χ2v) is 3.88. The zero-order valence-corrected chi connectivity index (χ0v) is 9.26. The fourth-order valence-corrected chi connectivity index (χ4v) is 1.45. The molecule has 1 fully saturated rings. The van der Waals surface area contributed by atoms with Crippen LogP contribution in [0, 0.1) is 0 Å². The number of aliphatic hydroxyl groups is 4. The molecule has 1 saturated heterocycles. The molecule has 0 saturated carbocycles. The number of nitrogens with two attached hydrogens (primary N) is 1. The van der Waals surface area contributed by atoms with Crippen molar-refractivity contribution >= 4 is 5.91 Å². The van der Waals surface area contributed by atoms with Crippen LogP contribution in [-0.4, -0.2) is 69.8 Å². The molecule has 0 aliphatic carbocycles. The Morgan fingerprint density at radius 1 is 1.35 bits per heavy atom. The molecular formula is C9H17NO7. The van der Waals surface area contributed by atoms with Crippen molar-refractivity contribution < 1.29 is 34.7 Å². The Morgan fingerprint density at radius 3 is 2.41 bits per heavy atom. The summed E-state index contributed by atoms with van der Waals surface area (Å²) in [5.41, 5.74) is 4.97. The van der Waals surface area contributed by atoms with Gasteiger partial charge in [-0.15, -0.1) is 0 Å². The summed E-state index contributed by atoms with van der Waals surface area (Å²) in [6.45, 7) is 0.791. The van der Waals surface area contributed by atoms with E-state index in [2.05, 4.69) is 0 Å². The lowest BCUT2D eigenvalue weighted by Crippen LogP contribution is -2.60. The predicted octanol–water partition coefficient (Wildman–Crippen LogP) is -3.32. The zero-order chi connectivity index (χ0) is 13.2. The van der Waals surface area contributed by atoms with Crippen molar-refractivity contribution in [3.8, 4) is 0 Å². The molecule has 0 aromatic heterocycles. The number of primary amides is 1. The summed E-state index contributed by atoms with van der Waals surface area (Å²) in [6, 6.07) is 0. The number of hydrogen-bond acceptors (Lipinski definition) is 7. The molecule has 17 heavy (non-hydrogen) atoms. The van der Waals surface area contributed by atoms with Crippen LogP contribution in [0.4, 0.5) is 0 Å². The molecule has 0 spiro atoms. The highest BCUT2D eigenvalue weighted by Gasteiger charge is 2.44. The molecule has 8 heteroatoms. The van der Waals surface area contributed by atoms with Gasteiger partial charge in [-0.1, -0.05) is 0 Å². The summed E-state index contributed by atoms with van der Waals surface area (Å²) in [5.74, 6) is -0.762. The second-order valence-electron chi connectivity index (χ2n) is 3.88. The van der Waals surface area contributed by atoms with Crippen LogP contribution in [0.3, 0.4) is 0 Å². The second kappa shape index (κ2) is 5.71. The molecule has 1 aliphatic heterocycles. The number of rotatable bonds is 4. The third-order valence-electron chi connectivity index (χ3n) is 2.59. The number of ether oxygens (including phenoxy) is 2. The van der Waals surface area contributed by atoms with Crippen molar-refractivity contribution in [1.82, 2.24) is 0 Å². The first-order valence-electron chi connectivity index (χ1n) is 5.13. The average molecular weight is 251 g/mol. The number of carbonyl (C=O) groups is 1. The van der Waals surface area contributed by atoms with Crippen LogP contribution in [0.15, 0.2) is 0 Å². The Kier molecular flexibility index (Phi) is 4.80. The van der Waals surface area contributed by atoms with Crippen LogP contribution in [0.2, 0.25) is 0 Å². The van der Waals surface area contributed by atoms with Gasteiger partial charge < -0.3 is 35.6 Å². The normalized spacial score (nSPS) is 39.9. The van der Waals surface area contributed by atoms with E-state index in [0.29, 0.717) is 0 Å². The first-order valence-corrected chi connectivity index (χ1v) is 5.13. The van der Waals surface area contributed by atoms with Gasteiger partial charge in [-0.2, -0.15) is 0 Å². The molecular weight excluding hydrogens is 234 g/mol. The minimum Gasteiger partial charge on any atom is -0.394 e. The van der Waals surface area contributed by atoms with Gasteiger partial charge in [0.2, 0.25) is 5.91 Å². The summed E-state index contributed by atoms with van der Waals surface area (Å²) < 4.78 is 10.00. The van der Waals surface area contributed by atoms with Gasteiger partial charge in [0.05, 0.1) is 6.61 Å². The first-order chi connectivity index (χ1) is 7.88.